The fourth-order valence-electron chi connectivity index (χ4n) is 2.57. The van der Waals surface area contributed by atoms with Gasteiger partial charge in [0.15, 0.2) is 0 Å². The van der Waals surface area contributed by atoms with Crippen molar-refractivity contribution >= 4 is 23.2 Å². The highest BCUT2D eigenvalue weighted by Gasteiger charge is 2.17. The van der Waals surface area contributed by atoms with Crippen molar-refractivity contribution in [1.82, 2.24) is 15.1 Å². The van der Waals surface area contributed by atoms with E-state index >= 15 is 0 Å². The molecule has 0 radical (unpaired) electrons. The summed E-state index contributed by atoms with van der Waals surface area (Å²) < 4.78 is 1.87. The molecule has 0 saturated heterocycles. The molecule has 1 N–H and O–H groups in total. The van der Waals surface area contributed by atoms with Gasteiger partial charge in [-0.05, 0) is 31.5 Å². The summed E-state index contributed by atoms with van der Waals surface area (Å²) in [7, 11) is 1.94. The Hall–Kier alpha value is -1.03. The zero-order chi connectivity index (χ0) is 15.4. The van der Waals surface area contributed by atoms with Gasteiger partial charge in [0.25, 0.3) is 0 Å². The number of aryl methyl sites for hydroxylation is 2. The Labute approximate surface area is 136 Å². The van der Waals surface area contributed by atoms with Crippen molar-refractivity contribution in [3.05, 3.63) is 51.3 Å². The van der Waals surface area contributed by atoms with Crippen molar-refractivity contribution in [2.24, 2.45) is 7.05 Å². The van der Waals surface area contributed by atoms with Crippen molar-refractivity contribution in [1.29, 1.82) is 0 Å². The second-order valence-corrected chi connectivity index (χ2v) is 6.01. The molecule has 0 aliphatic rings. The van der Waals surface area contributed by atoms with E-state index < -0.39 is 0 Å². The molecule has 1 unspecified atom stereocenters. The summed E-state index contributed by atoms with van der Waals surface area (Å²) in [5.74, 6) is 0. The van der Waals surface area contributed by atoms with Crippen molar-refractivity contribution in [2.45, 2.75) is 32.7 Å². The Kier molecular flexibility index (Phi) is 5.68. The predicted octanol–water partition coefficient (Wildman–Crippen LogP) is 3.80. The van der Waals surface area contributed by atoms with E-state index in [9.17, 15) is 0 Å². The van der Waals surface area contributed by atoms with E-state index in [0.29, 0.717) is 0 Å². The molecule has 21 heavy (non-hydrogen) atoms. The lowest BCUT2D eigenvalue weighted by Gasteiger charge is -2.19. The monoisotopic (exact) mass is 325 g/mol. The first-order valence-electron chi connectivity index (χ1n) is 7.17. The highest BCUT2D eigenvalue weighted by molar-refractivity contribution is 6.32. The number of hydrogen-bond acceptors (Lipinski definition) is 2. The van der Waals surface area contributed by atoms with Crippen LogP contribution in [0.4, 0.5) is 0 Å². The Balaban J connectivity index is 2.18. The van der Waals surface area contributed by atoms with Gasteiger partial charge in [-0.1, -0.05) is 48.3 Å². The van der Waals surface area contributed by atoms with Crippen LogP contribution < -0.4 is 5.32 Å². The Morgan fingerprint density at radius 2 is 1.95 bits per heavy atom. The quantitative estimate of drug-likeness (QED) is 0.875. The van der Waals surface area contributed by atoms with Crippen LogP contribution in [0.3, 0.4) is 0 Å². The minimum atomic E-state index is 0.280. The van der Waals surface area contributed by atoms with Gasteiger partial charge in [-0.2, -0.15) is 5.10 Å². The summed E-state index contributed by atoms with van der Waals surface area (Å²) in [5.41, 5.74) is 3.09. The molecule has 3 nitrogen and oxygen atoms in total. The van der Waals surface area contributed by atoms with Crippen LogP contribution >= 0.6 is 23.2 Å². The number of nitrogens with one attached hydrogen (secondary N) is 1. The van der Waals surface area contributed by atoms with Crippen LogP contribution in [0, 0.1) is 6.92 Å². The first-order valence-corrected chi connectivity index (χ1v) is 7.93. The van der Waals surface area contributed by atoms with Crippen LogP contribution in [0.25, 0.3) is 0 Å². The Morgan fingerprint density at radius 3 is 2.52 bits per heavy atom. The van der Waals surface area contributed by atoms with Gasteiger partial charge in [0, 0.05) is 24.5 Å². The highest BCUT2D eigenvalue weighted by atomic mass is 35.5. The topological polar surface area (TPSA) is 29.9 Å². The number of rotatable bonds is 6. The van der Waals surface area contributed by atoms with Crippen molar-refractivity contribution in [2.75, 3.05) is 6.54 Å². The molecule has 1 aromatic heterocycles. The van der Waals surface area contributed by atoms with Crippen LogP contribution in [0.15, 0.2) is 24.3 Å². The van der Waals surface area contributed by atoms with Gasteiger partial charge in [-0.15, -0.1) is 0 Å². The number of halogens is 2. The number of hydrogen-bond donors (Lipinski definition) is 1. The van der Waals surface area contributed by atoms with Gasteiger partial charge in [-0.3, -0.25) is 4.68 Å². The molecule has 0 fully saturated rings. The SMILES string of the molecule is CCNC(Cc1ccccc1Cl)Cc1c(Cl)c(C)nn1C. The van der Waals surface area contributed by atoms with Gasteiger partial charge >= 0.3 is 0 Å². The molecule has 1 aromatic carbocycles. The minimum absolute atomic E-state index is 0.280. The zero-order valence-corrected chi connectivity index (χ0v) is 14.2. The van der Waals surface area contributed by atoms with E-state index in [4.69, 9.17) is 23.2 Å². The van der Waals surface area contributed by atoms with Crippen LogP contribution in [0.2, 0.25) is 10.0 Å². The van der Waals surface area contributed by atoms with Crippen molar-refractivity contribution in [3.8, 4) is 0 Å². The second kappa shape index (κ2) is 7.30. The van der Waals surface area contributed by atoms with E-state index in [2.05, 4.69) is 23.4 Å². The molecule has 0 saturated carbocycles. The molecule has 114 valence electrons. The van der Waals surface area contributed by atoms with Gasteiger partial charge in [0.05, 0.1) is 16.4 Å². The smallest absolute Gasteiger partial charge is 0.0847 e. The lowest BCUT2D eigenvalue weighted by atomic mass is 10.0. The molecule has 0 aliphatic carbocycles. The minimum Gasteiger partial charge on any atom is -0.314 e. The van der Waals surface area contributed by atoms with Gasteiger partial charge in [0.2, 0.25) is 0 Å². The number of aromatic nitrogens is 2. The van der Waals surface area contributed by atoms with E-state index in [1.165, 1.54) is 0 Å². The van der Waals surface area contributed by atoms with E-state index in [1.807, 2.05) is 36.9 Å². The van der Waals surface area contributed by atoms with Crippen LogP contribution in [0.1, 0.15) is 23.9 Å². The summed E-state index contributed by atoms with van der Waals surface area (Å²) in [4.78, 5) is 0. The molecule has 1 atom stereocenters. The Morgan fingerprint density at radius 1 is 1.24 bits per heavy atom. The molecule has 0 spiro atoms. The summed E-state index contributed by atoms with van der Waals surface area (Å²) in [6, 6.07) is 8.26. The maximum Gasteiger partial charge on any atom is 0.0847 e. The van der Waals surface area contributed by atoms with E-state index in [0.717, 1.165) is 46.4 Å². The number of benzene rings is 1. The van der Waals surface area contributed by atoms with Crippen LogP contribution in [-0.4, -0.2) is 22.4 Å². The normalized spacial score (nSPS) is 12.6. The van der Waals surface area contributed by atoms with Gasteiger partial charge in [-0.25, -0.2) is 0 Å². The largest absolute Gasteiger partial charge is 0.314 e. The van der Waals surface area contributed by atoms with Gasteiger partial charge < -0.3 is 5.32 Å². The van der Waals surface area contributed by atoms with Gasteiger partial charge in [0.1, 0.15) is 0 Å². The second-order valence-electron chi connectivity index (χ2n) is 5.22. The molecule has 0 bridgehead atoms. The third-order valence-corrected chi connectivity index (χ3v) is 4.48. The standard InChI is InChI=1S/C16H21Cl2N3/c1-4-19-13(9-12-7-5-6-8-14(12)17)10-15-16(18)11(2)20-21(15)3/h5-8,13,19H,4,9-10H2,1-3H3. The maximum atomic E-state index is 6.36. The first kappa shape index (κ1) is 16.3. The zero-order valence-electron chi connectivity index (χ0n) is 12.7. The first-order chi connectivity index (χ1) is 10.0. The van der Waals surface area contributed by atoms with Crippen molar-refractivity contribution in [3.63, 3.8) is 0 Å². The molecule has 2 aromatic rings. The predicted molar refractivity (Wildman–Crippen MR) is 89.3 cm³/mol. The van der Waals surface area contributed by atoms with Crippen LogP contribution in [0.5, 0.6) is 0 Å². The average Bonchev–Trinajstić information content (AvgIpc) is 2.68. The summed E-state index contributed by atoms with van der Waals surface area (Å²) in [5, 5.41) is 9.47. The third-order valence-electron chi connectivity index (χ3n) is 3.62. The molecule has 0 aliphatic heterocycles. The maximum absolute atomic E-state index is 6.36. The molecular formula is C16H21Cl2N3. The summed E-state index contributed by atoms with van der Waals surface area (Å²) >= 11 is 12.6. The molecular weight excluding hydrogens is 305 g/mol. The van der Waals surface area contributed by atoms with E-state index in [-0.39, 0.29) is 6.04 Å². The lowest BCUT2D eigenvalue weighted by Crippen LogP contribution is -2.33. The summed E-state index contributed by atoms with van der Waals surface area (Å²) in [6.45, 7) is 4.95. The highest BCUT2D eigenvalue weighted by Crippen LogP contribution is 2.23. The van der Waals surface area contributed by atoms with Crippen molar-refractivity contribution < 1.29 is 0 Å². The lowest BCUT2D eigenvalue weighted by molar-refractivity contribution is 0.504. The number of nitrogens with zero attached hydrogens (tertiary/aromatic N) is 2. The van der Waals surface area contributed by atoms with Crippen LogP contribution in [-0.2, 0) is 19.9 Å². The summed E-state index contributed by atoms with van der Waals surface area (Å²) in [6.07, 6.45) is 1.70. The fraction of sp³-hybridized carbons (Fsp3) is 0.438. The molecule has 0 amide bonds. The molecule has 1 heterocycles. The molecule has 5 heteroatoms. The molecule has 2 rings (SSSR count). The third kappa shape index (κ3) is 4.00. The number of likely N-dealkylation sites (N-methyl/N-ethyl adjacent to an activating group) is 1. The Bertz CT molecular complexity index is 608. The van der Waals surface area contributed by atoms with E-state index in [1.54, 1.807) is 0 Å². The average molecular weight is 326 g/mol. The fourth-order valence-corrected chi connectivity index (χ4v) is 3.02.